The van der Waals surface area contributed by atoms with Crippen molar-refractivity contribution in [3.05, 3.63) is 65.5 Å². The van der Waals surface area contributed by atoms with E-state index >= 15 is 0 Å². The van der Waals surface area contributed by atoms with E-state index in [2.05, 4.69) is 5.32 Å². The van der Waals surface area contributed by atoms with Crippen molar-refractivity contribution in [3.63, 3.8) is 0 Å². The maximum absolute atomic E-state index is 13.0. The van der Waals surface area contributed by atoms with Crippen LogP contribution in [-0.4, -0.2) is 5.91 Å². The Balaban J connectivity index is 2.16. The molecule has 0 aliphatic carbocycles. The average Bonchev–Trinajstić information content (AvgIpc) is 2.39. The van der Waals surface area contributed by atoms with Crippen molar-refractivity contribution in [2.24, 2.45) is 5.73 Å². The minimum atomic E-state index is -0.386. The van der Waals surface area contributed by atoms with Crippen LogP contribution in [0.5, 0.6) is 0 Å². The molecule has 0 saturated carbocycles. The van der Waals surface area contributed by atoms with Crippen LogP contribution in [0.2, 0.25) is 0 Å². The van der Waals surface area contributed by atoms with Crippen LogP contribution in [0, 0.1) is 5.82 Å². The predicted octanol–water partition coefficient (Wildman–Crippen LogP) is 2.54. The van der Waals surface area contributed by atoms with Crippen LogP contribution in [-0.2, 0) is 6.54 Å². The van der Waals surface area contributed by atoms with Gasteiger partial charge in [-0.05, 0) is 35.9 Å². The van der Waals surface area contributed by atoms with Crippen LogP contribution < -0.4 is 11.1 Å². The van der Waals surface area contributed by atoms with E-state index in [1.165, 1.54) is 12.1 Å². The Morgan fingerprint density at radius 3 is 2.67 bits per heavy atom. The third kappa shape index (κ3) is 2.93. The molecule has 4 heteroatoms. The monoisotopic (exact) mass is 244 g/mol. The molecular weight excluding hydrogens is 231 g/mol. The second kappa shape index (κ2) is 5.42. The van der Waals surface area contributed by atoms with Gasteiger partial charge in [0.2, 0.25) is 0 Å². The predicted molar refractivity (Wildman–Crippen MR) is 68.7 cm³/mol. The van der Waals surface area contributed by atoms with Crippen molar-refractivity contribution in [2.45, 2.75) is 6.54 Å². The quantitative estimate of drug-likeness (QED) is 0.871. The van der Waals surface area contributed by atoms with E-state index in [-0.39, 0.29) is 11.7 Å². The molecule has 92 valence electrons. The van der Waals surface area contributed by atoms with Gasteiger partial charge >= 0.3 is 0 Å². The summed E-state index contributed by atoms with van der Waals surface area (Å²) in [6.45, 7) is 0.376. The van der Waals surface area contributed by atoms with Gasteiger partial charge in [0.15, 0.2) is 0 Å². The van der Waals surface area contributed by atoms with E-state index < -0.39 is 0 Å². The molecular formula is C14H13FN2O. The summed E-state index contributed by atoms with van der Waals surface area (Å²) >= 11 is 0. The molecule has 0 aliphatic heterocycles. The van der Waals surface area contributed by atoms with Crippen LogP contribution in [0.4, 0.5) is 10.1 Å². The summed E-state index contributed by atoms with van der Waals surface area (Å²) in [6, 6.07) is 12.8. The zero-order valence-corrected chi connectivity index (χ0v) is 9.69. The molecule has 0 heterocycles. The summed E-state index contributed by atoms with van der Waals surface area (Å²) in [5, 5.41) is 2.63. The van der Waals surface area contributed by atoms with Gasteiger partial charge in [-0.1, -0.05) is 18.2 Å². The zero-order chi connectivity index (χ0) is 13.0. The van der Waals surface area contributed by atoms with Gasteiger partial charge in [-0.15, -0.1) is 0 Å². The molecule has 3 N–H and O–H groups in total. The van der Waals surface area contributed by atoms with Gasteiger partial charge in [-0.3, -0.25) is 4.79 Å². The summed E-state index contributed by atoms with van der Waals surface area (Å²) in [5.74, 6) is -0.667. The second-order valence-corrected chi connectivity index (χ2v) is 3.87. The smallest absolute Gasteiger partial charge is 0.255 e. The Labute approximate surface area is 104 Å². The van der Waals surface area contributed by atoms with E-state index in [4.69, 9.17) is 5.73 Å². The first-order valence-corrected chi connectivity index (χ1v) is 5.55. The summed E-state index contributed by atoms with van der Waals surface area (Å²) in [6.07, 6.45) is 0. The molecule has 18 heavy (non-hydrogen) atoms. The number of amides is 1. The molecule has 2 aromatic carbocycles. The van der Waals surface area contributed by atoms with E-state index in [0.29, 0.717) is 17.8 Å². The zero-order valence-electron chi connectivity index (χ0n) is 9.69. The topological polar surface area (TPSA) is 55.1 Å². The Hall–Kier alpha value is -2.20. The Morgan fingerprint density at radius 2 is 1.94 bits per heavy atom. The lowest BCUT2D eigenvalue weighted by Gasteiger charge is -2.06. The molecule has 3 nitrogen and oxygen atoms in total. The Morgan fingerprint density at radius 1 is 1.17 bits per heavy atom. The van der Waals surface area contributed by atoms with Gasteiger partial charge in [0.1, 0.15) is 5.82 Å². The molecule has 1 amide bonds. The number of carbonyl (C=O) groups is 1. The van der Waals surface area contributed by atoms with E-state index in [1.54, 1.807) is 30.3 Å². The average molecular weight is 244 g/mol. The number of benzene rings is 2. The van der Waals surface area contributed by atoms with Crippen molar-refractivity contribution in [1.29, 1.82) is 0 Å². The van der Waals surface area contributed by atoms with E-state index in [9.17, 15) is 9.18 Å². The Bertz CT molecular complexity index is 569. The molecule has 0 radical (unpaired) electrons. The van der Waals surface area contributed by atoms with Gasteiger partial charge in [-0.25, -0.2) is 4.39 Å². The molecule has 2 rings (SSSR count). The maximum atomic E-state index is 13.0. The third-order valence-electron chi connectivity index (χ3n) is 2.51. The first-order chi connectivity index (χ1) is 8.69. The highest BCUT2D eigenvalue weighted by Gasteiger charge is 2.06. The number of rotatable bonds is 3. The minimum absolute atomic E-state index is 0.282. The SMILES string of the molecule is NCc1cccc(C(=O)Nc2cccc(F)c2)c1. The van der Waals surface area contributed by atoms with Gasteiger partial charge in [0, 0.05) is 17.8 Å². The number of nitrogens with two attached hydrogens (primary N) is 1. The molecule has 0 atom stereocenters. The highest BCUT2D eigenvalue weighted by molar-refractivity contribution is 6.04. The van der Waals surface area contributed by atoms with Crippen LogP contribution in [0.25, 0.3) is 0 Å². The molecule has 0 spiro atoms. The fourth-order valence-electron chi connectivity index (χ4n) is 1.61. The Kier molecular flexibility index (Phi) is 3.69. The van der Waals surface area contributed by atoms with E-state index in [0.717, 1.165) is 5.56 Å². The van der Waals surface area contributed by atoms with Crippen molar-refractivity contribution in [2.75, 3.05) is 5.32 Å². The highest BCUT2D eigenvalue weighted by atomic mass is 19.1. The fraction of sp³-hybridized carbons (Fsp3) is 0.0714. The lowest BCUT2D eigenvalue weighted by Crippen LogP contribution is -2.12. The van der Waals surface area contributed by atoms with Crippen LogP contribution >= 0.6 is 0 Å². The van der Waals surface area contributed by atoms with Crippen molar-refractivity contribution < 1.29 is 9.18 Å². The molecule has 0 unspecified atom stereocenters. The standard InChI is InChI=1S/C14H13FN2O/c15-12-5-2-6-13(8-12)17-14(18)11-4-1-3-10(7-11)9-16/h1-8H,9,16H2,(H,17,18). The summed E-state index contributed by atoms with van der Waals surface area (Å²) in [5.41, 5.74) is 7.32. The lowest BCUT2D eigenvalue weighted by atomic mass is 10.1. The molecule has 0 fully saturated rings. The van der Waals surface area contributed by atoms with Gasteiger partial charge in [0.25, 0.3) is 5.91 Å². The molecule has 0 aromatic heterocycles. The van der Waals surface area contributed by atoms with Gasteiger partial charge in [0.05, 0.1) is 0 Å². The normalized spacial score (nSPS) is 10.1. The molecule has 0 bridgehead atoms. The van der Waals surface area contributed by atoms with Crippen molar-refractivity contribution >= 4 is 11.6 Å². The number of carbonyl (C=O) groups excluding carboxylic acids is 1. The highest BCUT2D eigenvalue weighted by Crippen LogP contribution is 2.12. The number of anilines is 1. The van der Waals surface area contributed by atoms with Crippen molar-refractivity contribution in [1.82, 2.24) is 0 Å². The van der Waals surface area contributed by atoms with Crippen LogP contribution in [0.3, 0.4) is 0 Å². The summed E-state index contributed by atoms with van der Waals surface area (Å²) in [7, 11) is 0. The fourth-order valence-corrected chi connectivity index (χ4v) is 1.61. The number of nitrogens with one attached hydrogen (secondary N) is 1. The van der Waals surface area contributed by atoms with Crippen molar-refractivity contribution in [3.8, 4) is 0 Å². The first-order valence-electron chi connectivity index (χ1n) is 5.55. The van der Waals surface area contributed by atoms with Crippen LogP contribution in [0.15, 0.2) is 48.5 Å². The third-order valence-corrected chi connectivity index (χ3v) is 2.51. The minimum Gasteiger partial charge on any atom is -0.326 e. The number of hydrogen-bond donors (Lipinski definition) is 2. The van der Waals surface area contributed by atoms with Gasteiger partial charge in [-0.2, -0.15) is 0 Å². The van der Waals surface area contributed by atoms with E-state index in [1.807, 2.05) is 6.07 Å². The van der Waals surface area contributed by atoms with Crippen LogP contribution in [0.1, 0.15) is 15.9 Å². The number of hydrogen-bond acceptors (Lipinski definition) is 2. The summed E-state index contributed by atoms with van der Waals surface area (Å²) in [4.78, 5) is 11.9. The molecule has 0 saturated heterocycles. The number of halogens is 1. The lowest BCUT2D eigenvalue weighted by molar-refractivity contribution is 0.102. The second-order valence-electron chi connectivity index (χ2n) is 3.87. The maximum Gasteiger partial charge on any atom is 0.255 e. The first kappa shape index (κ1) is 12.3. The molecule has 2 aromatic rings. The molecule has 0 aliphatic rings. The largest absolute Gasteiger partial charge is 0.326 e. The van der Waals surface area contributed by atoms with Gasteiger partial charge < -0.3 is 11.1 Å². The summed E-state index contributed by atoms with van der Waals surface area (Å²) < 4.78 is 13.0.